The van der Waals surface area contributed by atoms with Crippen molar-refractivity contribution in [3.8, 4) is 44.9 Å². The summed E-state index contributed by atoms with van der Waals surface area (Å²) in [6, 6.07) is 58.0. The Kier molecular flexibility index (Phi) is 6.90. The summed E-state index contributed by atoms with van der Waals surface area (Å²) in [5, 5.41) is 14.1. The van der Waals surface area contributed by atoms with Gasteiger partial charge in [0.1, 0.15) is 11.5 Å². The van der Waals surface area contributed by atoms with E-state index >= 15 is 0 Å². The van der Waals surface area contributed by atoms with Gasteiger partial charge in [0, 0.05) is 16.7 Å². The van der Waals surface area contributed by atoms with Crippen LogP contribution in [0.3, 0.4) is 0 Å². The van der Waals surface area contributed by atoms with Crippen LogP contribution >= 0.6 is 0 Å². The van der Waals surface area contributed by atoms with Gasteiger partial charge in [-0.15, -0.1) is 0 Å². The van der Waals surface area contributed by atoms with Gasteiger partial charge in [0.2, 0.25) is 0 Å². The summed E-state index contributed by atoms with van der Waals surface area (Å²) in [5.41, 5.74) is 10.3. The highest BCUT2D eigenvalue weighted by Gasteiger charge is 2.33. The van der Waals surface area contributed by atoms with Gasteiger partial charge in [-0.05, 0) is 56.3 Å². The van der Waals surface area contributed by atoms with Gasteiger partial charge in [0.25, 0.3) is 0 Å². The molecule has 3 unspecified atom stereocenters. The highest BCUT2D eigenvalue weighted by atomic mass is 16.5. The molecule has 4 nitrogen and oxygen atoms in total. The summed E-state index contributed by atoms with van der Waals surface area (Å²) in [7, 11) is 0. The molecule has 0 amide bonds. The number of para-hydroxylation sites is 2. The van der Waals surface area contributed by atoms with E-state index in [4.69, 9.17) is 4.74 Å². The van der Waals surface area contributed by atoms with Crippen molar-refractivity contribution < 1.29 is 4.74 Å². The second-order valence-electron chi connectivity index (χ2n) is 12.2. The van der Waals surface area contributed by atoms with Crippen molar-refractivity contribution >= 4 is 10.8 Å². The first-order valence-electron chi connectivity index (χ1n) is 16.2. The summed E-state index contributed by atoms with van der Waals surface area (Å²) < 4.78 is 7.01. The third-order valence-electron chi connectivity index (χ3n) is 9.40. The molecule has 3 atom stereocenters. The molecule has 2 aliphatic rings. The first-order chi connectivity index (χ1) is 23.3. The molecule has 0 bridgehead atoms. The van der Waals surface area contributed by atoms with Crippen molar-refractivity contribution in [3.05, 3.63) is 180 Å². The van der Waals surface area contributed by atoms with E-state index in [0.29, 0.717) is 0 Å². The summed E-state index contributed by atoms with van der Waals surface area (Å²) in [6.45, 7) is 0. The lowest BCUT2D eigenvalue weighted by atomic mass is 9.88. The van der Waals surface area contributed by atoms with Gasteiger partial charge in [-0.3, -0.25) is 16.0 Å². The first kappa shape index (κ1) is 27.8. The van der Waals surface area contributed by atoms with Crippen molar-refractivity contribution in [1.29, 1.82) is 0 Å². The van der Waals surface area contributed by atoms with Crippen LogP contribution in [0.2, 0.25) is 0 Å². The van der Waals surface area contributed by atoms with Crippen LogP contribution < -0.4 is 20.7 Å². The van der Waals surface area contributed by atoms with Crippen molar-refractivity contribution in [2.45, 2.75) is 18.5 Å². The average molecular weight is 608 g/mol. The van der Waals surface area contributed by atoms with E-state index in [0.717, 1.165) is 28.2 Å². The molecular weight excluding hydrogens is 574 g/mol. The minimum atomic E-state index is -0.220. The standard InChI is InChI=1S/C43H33N3O/c1-3-13-28(14-4-1)31-19-9-20-32(27-31)42-44-41(30-15-5-2-6-16-30)45-43(46-42)37-25-12-24-36-35-23-11-18-29-17-10-22-34(39(29)35)33-21-7-8-26-38(33)47-40(36)37/h1-27,41-46H. The fraction of sp³-hybridized carbons (Fsp3) is 0.0698. The summed E-state index contributed by atoms with van der Waals surface area (Å²) in [5.74, 6) is 1.71. The SMILES string of the molecule is c1ccc(-c2cccc(C3NC(c4ccccc4)NC(c4cccc5c4Oc4ccccc4-c4cccc6cccc-5c46)N3)c2)cc1. The van der Waals surface area contributed by atoms with Crippen LogP contribution in [0.1, 0.15) is 35.2 Å². The normalized spacial score (nSPS) is 18.3. The van der Waals surface area contributed by atoms with E-state index < -0.39 is 0 Å². The summed E-state index contributed by atoms with van der Waals surface area (Å²) in [4.78, 5) is 0. The van der Waals surface area contributed by atoms with Crippen LogP contribution in [0, 0.1) is 0 Å². The molecule has 0 radical (unpaired) electrons. The molecule has 0 saturated carbocycles. The van der Waals surface area contributed by atoms with Gasteiger partial charge in [-0.1, -0.05) is 152 Å². The Hall–Kier alpha value is -5.52. The smallest absolute Gasteiger partial charge is 0.141 e. The van der Waals surface area contributed by atoms with E-state index in [-0.39, 0.29) is 18.5 Å². The maximum absolute atomic E-state index is 7.01. The third kappa shape index (κ3) is 5.00. The Morgan fingerprint density at radius 1 is 0.404 bits per heavy atom. The minimum absolute atomic E-state index is 0.103. The maximum atomic E-state index is 7.01. The fourth-order valence-corrected chi connectivity index (χ4v) is 7.17. The molecule has 47 heavy (non-hydrogen) atoms. The number of fused-ring (bicyclic) bond motifs is 4. The van der Waals surface area contributed by atoms with Gasteiger partial charge in [0.15, 0.2) is 0 Å². The number of rotatable bonds is 4. The van der Waals surface area contributed by atoms with Crippen molar-refractivity contribution in [3.63, 3.8) is 0 Å². The lowest BCUT2D eigenvalue weighted by Gasteiger charge is -2.40. The van der Waals surface area contributed by atoms with Crippen molar-refractivity contribution in [2.24, 2.45) is 0 Å². The van der Waals surface area contributed by atoms with Crippen LogP contribution in [0.5, 0.6) is 11.5 Å². The second-order valence-corrected chi connectivity index (χ2v) is 12.2. The van der Waals surface area contributed by atoms with Crippen molar-refractivity contribution in [2.75, 3.05) is 0 Å². The summed E-state index contributed by atoms with van der Waals surface area (Å²) in [6.07, 6.45) is -0.451. The topological polar surface area (TPSA) is 45.3 Å². The number of ether oxygens (including phenoxy) is 1. The largest absolute Gasteiger partial charge is 0.456 e. The Labute approximate surface area is 274 Å². The molecule has 7 aromatic rings. The number of hydrogen-bond acceptors (Lipinski definition) is 4. The molecule has 2 aliphatic heterocycles. The molecule has 1 fully saturated rings. The lowest BCUT2D eigenvalue weighted by Crippen LogP contribution is -2.54. The predicted molar refractivity (Wildman–Crippen MR) is 191 cm³/mol. The second kappa shape index (κ2) is 11.7. The highest BCUT2D eigenvalue weighted by molar-refractivity contribution is 6.08. The molecule has 1 saturated heterocycles. The number of hydrogen-bond donors (Lipinski definition) is 3. The van der Waals surface area contributed by atoms with Crippen LogP contribution in [0.4, 0.5) is 0 Å². The Morgan fingerprint density at radius 2 is 0.957 bits per heavy atom. The van der Waals surface area contributed by atoms with Gasteiger partial charge >= 0.3 is 0 Å². The van der Waals surface area contributed by atoms with E-state index in [1.165, 1.54) is 44.2 Å². The Bertz CT molecular complexity index is 2230. The van der Waals surface area contributed by atoms with Crippen molar-refractivity contribution in [1.82, 2.24) is 16.0 Å². The number of benzene rings is 7. The molecule has 9 rings (SSSR count). The molecule has 2 heterocycles. The summed E-state index contributed by atoms with van der Waals surface area (Å²) >= 11 is 0. The Balaban J connectivity index is 1.20. The minimum Gasteiger partial charge on any atom is -0.456 e. The van der Waals surface area contributed by atoms with Crippen LogP contribution in [0.15, 0.2) is 164 Å². The highest BCUT2D eigenvalue weighted by Crippen LogP contribution is 2.49. The molecule has 7 aromatic carbocycles. The zero-order chi connectivity index (χ0) is 31.2. The van der Waals surface area contributed by atoms with Gasteiger partial charge < -0.3 is 4.74 Å². The zero-order valence-corrected chi connectivity index (χ0v) is 25.7. The number of nitrogens with one attached hydrogen (secondary N) is 3. The monoisotopic (exact) mass is 607 g/mol. The molecule has 0 aromatic heterocycles. The van der Waals surface area contributed by atoms with Gasteiger partial charge in [0.05, 0.1) is 18.5 Å². The zero-order valence-electron chi connectivity index (χ0n) is 25.7. The Morgan fingerprint density at radius 3 is 1.77 bits per heavy atom. The predicted octanol–water partition coefficient (Wildman–Crippen LogP) is 10.1. The molecule has 0 spiro atoms. The fourth-order valence-electron chi connectivity index (χ4n) is 7.17. The lowest BCUT2D eigenvalue weighted by molar-refractivity contribution is 0.201. The molecular formula is C43H33N3O. The molecule has 4 heteroatoms. The van der Waals surface area contributed by atoms with E-state index in [2.05, 4.69) is 180 Å². The molecule has 226 valence electrons. The van der Waals surface area contributed by atoms with Gasteiger partial charge in [-0.25, -0.2) is 0 Å². The van der Waals surface area contributed by atoms with Crippen LogP contribution in [-0.4, -0.2) is 0 Å². The first-order valence-corrected chi connectivity index (χ1v) is 16.2. The maximum Gasteiger partial charge on any atom is 0.141 e. The molecule has 0 aliphatic carbocycles. The van der Waals surface area contributed by atoms with E-state index in [1.807, 2.05) is 0 Å². The molecule has 3 N–H and O–H groups in total. The van der Waals surface area contributed by atoms with Gasteiger partial charge in [-0.2, -0.15) is 0 Å². The van der Waals surface area contributed by atoms with Crippen LogP contribution in [0.25, 0.3) is 44.2 Å². The quantitative estimate of drug-likeness (QED) is 0.186. The average Bonchev–Trinajstić information content (AvgIpc) is 3.15. The van der Waals surface area contributed by atoms with E-state index in [9.17, 15) is 0 Å². The van der Waals surface area contributed by atoms with E-state index in [1.54, 1.807) is 0 Å². The third-order valence-corrected chi connectivity index (χ3v) is 9.40. The van der Waals surface area contributed by atoms with Crippen LogP contribution in [-0.2, 0) is 0 Å².